The quantitative estimate of drug-likeness (QED) is 0.849. The second-order valence-corrected chi connectivity index (χ2v) is 6.24. The Bertz CT molecular complexity index is 602. The molecule has 2 aromatic rings. The molecule has 0 radical (unpaired) electrons. The molecule has 0 aromatic carbocycles. The number of ether oxygens (including phenoxy) is 2. The highest BCUT2D eigenvalue weighted by Gasteiger charge is 2.43. The van der Waals surface area contributed by atoms with Gasteiger partial charge in [-0.15, -0.1) is 0 Å². The lowest BCUT2D eigenvalue weighted by atomic mass is 10.1. The average molecular weight is 314 g/mol. The first-order chi connectivity index (χ1) is 11.4. The summed E-state index contributed by atoms with van der Waals surface area (Å²) in [7, 11) is 0. The zero-order valence-electron chi connectivity index (χ0n) is 13.1. The number of nitrogens with zero attached hydrogens (tertiary/aromatic N) is 2. The van der Waals surface area contributed by atoms with Crippen LogP contribution in [0.4, 0.5) is 0 Å². The van der Waals surface area contributed by atoms with Crippen molar-refractivity contribution in [2.75, 3.05) is 13.2 Å². The molecule has 1 saturated carbocycles. The van der Waals surface area contributed by atoms with E-state index in [2.05, 4.69) is 9.88 Å². The van der Waals surface area contributed by atoms with E-state index in [-0.39, 0.29) is 12.2 Å². The van der Waals surface area contributed by atoms with Gasteiger partial charge in [0.15, 0.2) is 0 Å². The largest absolute Gasteiger partial charge is 0.468 e. The van der Waals surface area contributed by atoms with Gasteiger partial charge in [-0.25, -0.2) is 0 Å². The van der Waals surface area contributed by atoms with E-state index in [4.69, 9.17) is 13.9 Å². The smallest absolute Gasteiger partial charge is 0.117 e. The van der Waals surface area contributed by atoms with Crippen LogP contribution in [0.3, 0.4) is 0 Å². The van der Waals surface area contributed by atoms with Gasteiger partial charge >= 0.3 is 0 Å². The van der Waals surface area contributed by atoms with Crippen LogP contribution < -0.4 is 0 Å². The summed E-state index contributed by atoms with van der Waals surface area (Å²) >= 11 is 0. The topological polar surface area (TPSA) is 47.7 Å². The van der Waals surface area contributed by atoms with Crippen LogP contribution in [0.15, 0.2) is 47.3 Å². The first-order valence-corrected chi connectivity index (χ1v) is 8.29. The maximum absolute atomic E-state index is 6.25. The highest BCUT2D eigenvalue weighted by molar-refractivity contribution is 5.07. The molecule has 3 heterocycles. The summed E-state index contributed by atoms with van der Waals surface area (Å²) in [5.41, 5.74) is 1.11. The first kappa shape index (κ1) is 14.9. The Hall–Kier alpha value is -1.69. The lowest BCUT2D eigenvalue weighted by Crippen LogP contribution is -2.42. The first-order valence-electron chi connectivity index (χ1n) is 8.29. The zero-order valence-corrected chi connectivity index (χ0v) is 13.1. The molecule has 122 valence electrons. The molecule has 1 aliphatic heterocycles. The predicted molar refractivity (Wildman–Crippen MR) is 84.7 cm³/mol. The number of pyridine rings is 1. The monoisotopic (exact) mass is 314 g/mol. The van der Waals surface area contributed by atoms with Crippen molar-refractivity contribution in [3.63, 3.8) is 0 Å². The van der Waals surface area contributed by atoms with Gasteiger partial charge in [0.25, 0.3) is 0 Å². The Kier molecular flexibility index (Phi) is 4.41. The van der Waals surface area contributed by atoms with Crippen molar-refractivity contribution in [3.8, 4) is 0 Å². The Balaban J connectivity index is 1.45. The standard InChI is InChI=1S/C18H22N2O3/c1-3-14(11-19-7-1)13-23-18-16-5-6-17(18)22-10-8-20(16)12-15-4-2-9-21-15/h1-4,7,9,11,16-18H,5-6,8,10,12-13H2. The van der Waals surface area contributed by atoms with E-state index < -0.39 is 0 Å². The maximum Gasteiger partial charge on any atom is 0.117 e. The minimum Gasteiger partial charge on any atom is -0.468 e. The maximum atomic E-state index is 6.25. The molecule has 2 aromatic heterocycles. The third kappa shape index (κ3) is 3.32. The van der Waals surface area contributed by atoms with E-state index in [1.807, 2.05) is 30.5 Å². The van der Waals surface area contributed by atoms with Gasteiger partial charge in [-0.05, 0) is 36.6 Å². The normalized spacial score (nSPS) is 27.9. The van der Waals surface area contributed by atoms with Gasteiger partial charge in [-0.1, -0.05) is 6.07 Å². The lowest BCUT2D eigenvalue weighted by Gasteiger charge is -2.30. The lowest BCUT2D eigenvalue weighted by molar-refractivity contribution is -0.0616. The minimum atomic E-state index is 0.118. The van der Waals surface area contributed by atoms with Crippen molar-refractivity contribution >= 4 is 0 Å². The molecule has 3 unspecified atom stereocenters. The molecule has 5 nitrogen and oxygen atoms in total. The van der Waals surface area contributed by atoms with Crippen LogP contribution in [0.2, 0.25) is 0 Å². The Morgan fingerprint density at radius 1 is 1.26 bits per heavy atom. The number of hydrogen-bond donors (Lipinski definition) is 0. The molecule has 1 saturated heterocycles. The van der Waals surface area contributed by atoms with Crippen LogP contribution in [0.1, 0.15) is 24.2 Å². The third-order valence-electron chi connectivity index (χ3n) is 4.78. The van der Waals surface area contributed by atoms with Crippen molar-refractivity contribution in [2.45, 2.75) is 44.2 Å². The number of aromatic nitrogens is 1. The molecule has 4 rings (SSSR count). The molecule has 2 aliphatic rings. The van der Waals surface area contributed by atoms with Crippen LogP contribution in [-0.4, -0.2) is 41.3 Å². The van der Waals surface area contributed by atoms with Crippen LogP contribution in [0, 0.1) is 0 Å². The van der Waals surface area contributed by atoms with Crippen molar-refractivity contribution in [1.29, 1.82) is 0 Å². The molecule has 23 heavy (non-hydrogen) atoms. The van der Waals surface area contributed by atoms with Gasteiger partial charge in [-0.3, -0.25) is 9.88 Å². The summed E-state index contributed by atoms with van der Waals surface area (Å²) in [6.07, 6.45) is 7.89. The molecule has 0 spiro atoms. The van der Waals surface area contributed by atoms with Gasteiger partial charge in [0.1, 0.15) is 5.76 Å². The summed E-state index contributed by atoms with van der Waals surface area (Å²) in [6, 6.07) is 8.36. The van der Waals surface area contributed by atoms with E-state index in [1.165, 1.54) is 0 Å². The summed E-state index contributed by atoms with van der Waals surface area (Å²) in [4.78, 5) is 6.60. The van der Waals surface area contributed by atoms with Crippen LogP contribution in [-0.2, 0) is 22.6 Å². The Morgan fingerprint density at radius 2 is 2.26 bits per heavy atom. The molecular formula is C18H22N2O3. The van der Waals surface area contributed by atoms with Gasteiger partial charge in [0, 0.05) is 25.0 Å². The van der Waals surface area contributed by atoms with Crippen molar-refractivity contribution in [3.05, 3.63) is 54.2 Å². The summed E-state index contributed by atoms with van der Waals surface area (Å²) in [5.74, 6) is 1.00. The second-order valence-electron chi connectivity index (χ2n) is 6.24. The fraction of sp³-hybridized carbons (Fsp3) is 0.500. The van der Waals surface area contributed by atoms with E-state index in [0.717, 1.165) is 43.9 Å². The van der Waals surface area contributed by atoms with Crippen LogP contribution >= 0.6 is 0 Å². The summed E-state index contributed by atoms with van der Waals surface area (Å²) < 4.78 is 17.8. The van der Waals surface area contributed by atoms with E-state index in [0.29, 0.717) is 12.6 Å². The van der Waals surface area contributed by atoms with Crippen molar-refractivity contribution < 1.29 is 13.9 Å². The van der Waals surface area contributed by atoms with Crippen LogP contribution in [0.5, 0.6) is 0 Å². The molecule has 3 atom stereocenters. The van der Waals surface area contributed by atoms with Gasteiger partial charge in [0.2, 0.25) is 0 Å². The van der Waals surface area contributed by atoms with E-state index in [1.54, 1.807) is 12.5 Å². The summed E-state index contributed by atoms with van der Waals surface area (Å²) in [6.45, 7) is 3.09. The van der Waals surface area contributed by atoms with Crippen molar-refractivity contribution in [2.24, 2.45) is 0 Å². The second kappa shape index (κ2) is 6.83. The molecule has 2 bridgehead atoms. The highest BCUT2D eigenvalue weighted by atomic mass is 16.5. The molecular weight excluding hydrogens is 292 g/mol. The van der Waals surface area contributed by atoms with Gasteiger partial charge in [0.05, 0.1) is 38.2 Å². The number of rotatable bonds is 5. The molecule has 1 aliphatic carbocycles. The molecule has 2 fully saturated rings. The van der Waals surface area contributed by atoms with E-state index >= 15 is 0 Å². The fourth-order valence-electron chi connectivity index (χ4n) is 3.66. The minimum absolute atomic E-state index is 0.118. The SMILES string of the molecule is c1cncc(COC2C3CCC2N(Cc2ccco2)CCO3)c1. The highest BCUT2D eigenvalue weighted by Crippen LogP contribution is 2.33. The number of hydrogen-bond acceptors (Lipinski definition) is 5. The van der Waals surface area contributed by atoms with E-state index in [9.17, 15) is 0 Å². The number of furan rings is 1. The van der Waals surface area contributed by atoms with Crippen LogP contribution in [0.25, 0.3) is 0 Å². The Morgan fingerprint density at radius 3 is 3.09 bits per heavy atom. The predicted octanol–water partition coefficient (Wildman–Crippen LogP) is 2.62. The zero-order chi connectivity index (χ0) is 15.5. The third-order valence-corrected chi connectivity index (χ3v) is 4.78. The fourth-order valence-corrected chi connectivity index (χ4v) is 3.66. The average Bonchev–Trinajstić information content (AvgIpc) is 3.18. The molecule has 0 N–H and O–H groups in total. The Labute approximate surface area is 136 Å². The van der Waals surface area contributed by atoms with Gasteiger partial charge < -0.3 is 13.9 Å². The van der Waals surface area contributed by atoms with Gasteiger partial charge in [-0.2, -0.15) is 0 Å². The molecule has 0 amide bonds. The number of fused-ring (bicyclic) bond motifs is 2. The van der Waals surface area contributed by atoms with Crippen molar-refractivity contribution in [1.82, 2.24) is 9.88 Å². The molecule has 5 heteroatoms. The summed E-state index contributed by atoms with van der Waals surface area (Å²) in [5, 5.41) is 0.